The summed E-state index contributed by atoms with van der Waals surface area (Å²) >= 11 is 6.02. The molecule has 0 saturated carbocycles. The number of piperazine rings is 1. The van der Waals surface area contributed by atoms with Crippen LogP contribution in [0.25, 0.3) is 10.9 Å². The van der Waals surface area contributed by atoms with Gasteiger partial charge in [0.2, 0.25) is 0 Å². The van der Waals surface area contributed by atoms with Gasteiger partial charge in [0.25, 0.3) is 0 Å². The number of nitriles is 1. The summed E-state index contributed by atoms with van der Waals surface area (Å²) < 4.78 is 31.3. The van der Waals surface area contributed by atoms with Crippen LogP contribution in [0.15, 0.2) is 30.5 Å². The van der Waals surface area contributed by atoms with Gasteiger partial charge in [-0.3, -0.25) is 9.82 Å². The van der Waals surface area contributed by atoms with Crippen molar-refractivity contribution in [3.8, 4) is 23.3 Å². The van der Waals surface area contributed by atoms with E-state index in [2.05, 4.69) is 28.3 Å². The van der Waals surface area contributed by atoms with Crippen LogP contribution >= 0.6 is 11.6 Å². The number of fused-ring (bicyclic) bond motifs is 1. The van der Waals surface area contributed by atoms with E-state index in [0.717, 1.165) is 32.2 Å². The standard InChI is InChI=1S/C25H27ClFN5O4/c1-31-4-6-32(7-5-31)36-9-8-35-24-12-20-17(10-23(24)34-3)25(16(14-28)15-29-20)30-21-13-22(33-2)18(26)11-19(21)27/h10-13,15H,4-9H2,1-3H3,(H,29,30). The molecule has 9 nitrogen and oxygen atoms in total. The van der Waals surface area contributed by atoms with E-state index >= 15 is 0 Å². The number of aromatic nitrogens is 1. The van der Waals surface area contributed by atoms with Crippen LogP contribution in [0, 0.1) is 17.1 Å². The molecule has 11 heteroatoms. The maximum absolute atomic E-state index is 14.7. The molecule has 0 unspecified atom stereocenters. The van der Waals surface area contributed by atoms with Gasteiger partial charge >= 0.3 is 0 Å². The molecule has 0 amide bonds. The van der Waals surface area contributed by atoms with Crippen molar-refractivity contribution in [2.75, 3.05) is 66.0 Å². The summed E-state index contributed by atoms with van der Waals surface area (Å²) in [5, 5.41) is 15.3. The van der Waals surface area contributed by atoms with Crippen LogP contribution in [0.3, 0.4) is 0 Å². The number of methoxy groups -OCH3 is 2. The first kappa shape index (κ1) is 25.7. The zero-order valence-electron chi connectivity index (χ0n) is 20.3. The molecule has 3 aromatic rings. The third kappa shape index (κ3) is 5.71. The van der Waals surface area contributed by atoms with E-state index in [9.17, 15) is 9.65 Å². The Balaban J connectivity index is 1.57. The smallest absolute Gasteiger partial charge is 0.163 e. The minimum absolute atomic E-state index is 0.0978. The minimum atomic E-state index is -0.595. The number of nitrogens with one attached hydrogen (secondary N) is 1. The zero-order valence-corrected chi connectivity index (χ0v) is 21.1. The Morgan fingerprint density at radius 3 is 2.50 bits per heavy atom. The van der Waals surface area contributed by atoms with Crippen LogP contribution in [0.4, 0.5) is 15.8 Å². The molecule has 1 aliphatic rings. The molecule has 0 radical (unpaired) electrons. The van der Waals surface area contributed by atoms with Gasteiger partial charge in [0.05, 0.1) is 41.7 Å². The molecule has 1 fully saturated rings. The molecule has 0 aliphatic carbocycles. The van der Waals surface area contributed by atoms with Gasteiger partial charge in [-0.25, -0.2) is 4.39 Å². The number of hydrogen-bond acceptors (Lipinski definition) is 9. The van der Waals surface area contributed by atoms with Crippen molar-refractivity contribution in [3.63, 3.8) is 0 Å². The number of hydroxylamine groups is 2. The lowest BCUT2D eigenvalue weighted by molar-refractivity contribution is -0.179. The van der Waals surface area contributed by atoms with Gasteiger partial charge in [-0.05, 0) is 19.2 Å². The Labute approximate surface area is 213 Å². The lowest BCUT2D eigenvalue weighted by Crippen LogP contribution is -2.44. The third-order valence-electron chi connectivity index (χ3n) is 5.85. The first-order valence-corrected chi connectivity index (χ1v) is 11.7. The van der Waals surface area contributed by atoms with Crippen LogP contribution in [-0.2, 0) is 4.84 Å². The quantitative estimate of drug-likeness (QED) is 0.420. The number of halogens is 2. The fourth-order valence-corrected chi connectivity index (χ4v) is 4.07. The summed E-state index contributed by atoms with van der Waals surface area (Å²) in [6, 6.07) is 8.09. The lowest BCUT2D eigenvalue weighted by Gasteiger charge is -2.31. The second kappa shape index (κ2) is 11.6. The van der Waals surface area contributed by atoms with Gasteiger partial charge in [0, 0.05) is 49.9 Å². The number of rotatable bonds is 9. The molecule has 4 rings (SSSR count). The second-order valence-electron chi connectivity index (χ2n) is 8.18. The van der Waals surface area contributed by atoms with Gasteiger partial charge in [0.15, 0.2) is 11.5 Å². The van der Waals surface area contributed by atoms with E-state index in [1.807, 2.05) is 5.06 Å². The molecule has 1 saturated heterocycles. The van der Waals surface area contributed by atoms with Gasteiger partial charge < -0.3 is 24.4 Å². The Hall–Kier alpha value is -3.36. The molecule has 1 aromatic heterocycles. The molecule has 0 spiro atoms. The highest BCUT2D eigenvalue weighted by molar-refractivity contribution is 6.32. The van der Waals surface area contributed by atoms with Crippen molar-refractivity contribution in [3.05, 3.63) is 46.9 Å². The van der Waals surface area contributed by atoms with E-state index in [4.69, 9.17) is 30.6 Å². The second-order valence-corrected chi connectivity index (χ2v) is 8.59. The van der Waals surface area contributed by atoms with Crippen LogP contribution in [0.5, 0.6) is 17.2 Å². The van der Waals surface area contributed by atoms with Gasteiger partial charge in [-0.2, -0.15) is 10.3 Å². The van der Waals surface area contributed by atoms with Crippen molar-refractivity contribution in [1.82, 2.24) is 14.9 Å². The van der Waals surface area contributed by atoms with Gasteiger partial charge in [-0.1, -0.05) is 11.6 Å². The summed E-state index contributed by atoms with van der Waals surface area (Å²) in [5.74, 6) is 0.622. The molecule has 2 heterocycles. The Kier molecular flexibility index (Phi) is 8.28. The SMILES string of the molecule is COc1cc(Nc2c(C#N)cnc3cc(OCCON4CCN(C)CC4)c(OC)cc23)c(F)cc1Cl. The van der Waals surface area contributed by atoms with Crippen molar-refractivity contribution >= 4 is 33.9 Å². The Morgan fingerprint density at radius 2 is 1.81 bits per heavy atom. The topological polar surface area (TPSA) is 92.1 Å². The van der Waals surface area contributed by atoms with Crippen molar-refractivity contribution in [1.29, 1.82) is 5.26 Å². The number of nitrogens with zero attached hydrogens (tertiary/aromatic N) is 4. The van der Waals surface area contributed by atoms with E-state index < -0.39 is 5.82 Å². The van der Waals surface area contributed by atoms with Crippen molar-refractivity contribution < 1.29 is 23.4 Å². The maximum atomic E-state index is 14.7. The molecule has 1 aliphatic heterocycles. The lowest BCUT2D eigenvalue weighted by atomic mass is 10.1. The van der Waals surface area contributed by atoms with Crippen LogP contribution in [0.1, 0.15) is 5.56 Å². The molecule has 36 heavy (non-hydrogen) atoms. The van der Waals surface area contributed by atoms with E-state index in [-0.39, 0.29) is 16.3 Å². The monoisotopic (exact) mass is 515 g/mol. The first-order valence-electron chi connectivity index (χ1n) is 11.3. The van der Waals surface area contributed by atoms with E-state index in [1.54, 1.807) is 12.1 Å². The number of likely N-dealkylation sites (N-methyl/N-ethyl adjacent to an activating group) is 1. The van der Waals surface area contributed by atoms with E-state index in [0.29, 0.717) is 47.1 Å². The van der Waals surface area contributed by atoms with E-state index in [1.165, 1.54) is 26.5 Å². The highest BCUT2D eigenvalue weighted by Gasteiger charge is 2.18. The average Bonchev–Trinajstić information content (AvgIpc) is 2.88. The summed E-state index contributed by atoms with van der Waals surface area (Å²) in [7, 11) is 5.05. The highest BCUT2D eigenvalue weighted by atomic mass is 35.5. The number of anilines is 2. The third-order valence-corrected chi connectivity index (χ3v) is 6.15. The zero-order chi connectivity index (χ0) is 25.7. The molecular weight excluding hydrogens is 489 g/mol. The molecule has 1 N–H and O–H groups in total. The summed E-state index contributed by atoms with van der Waals surface area (Å²) in [6.07, 6.45) is 1.42. The predicted octanol–water partition coefficient (Wildman–Crippen LogP) is 4.22. The minimum Gasteiger partial charge on any atom is -0.495 e. The molecule has 190 valence electrons. The fourth-order valence-electron chi connectivity index (χ4n) is 3.84. The predicted molar refractivity (Wildman–Crippen MR) is 135 cm³/mol. The normalized spacial score (nSPS) is 14.4. The molecule has 0 atom stereocenters. The number of pyridine rings is 1. The molecular formula is C25H27ClFN5O4. The molecule has 0 bridgehead atoms. The van der Waals surface area contributed by atoms with Crippen LogP contribution in [-0.4, -0.2) is 75.6 Å². The first-order chi connectivity index (χ1) is 17.4. The largest absolute Gasteiger partial charge is 0.495 e. The Morgan fingerprint density at radius 1 is 1.06 bits per heavy atom. The average molecular weight is 516 g/mol. The maximum Gasteiger partial charge on any atom is 0.163 e. The van der Waals surface area contributed by atoms with Gasteiger partial charge in [-0.15, -0.1) is 0 Å². The van der Waals surface area contributed by atoms with Crippen LogP contribution < -0.4 is 19.5 Å². The highest BCUT2D eigenvalue weighted by Crippen LogP contribution is 2.39. The summed E-state index contributed by atoms with van der Waals surface area (Å²) in [4.78, 5) is 12.4. The van der Waals surface area contributed by atoms with Crippen LogP contribution in [0.2, 0.25) is 5.02 Å². The fraction of sp³-hybridized carbons (Fsp3) is 0.360. The summed E-state index contributed by atoms with van der Waals surface area (Å²) in [6.45, 7) is 4.30. The number of ether oxygens (including phenoxy) is 3. The Bertz CT molecular complexity index is 1280. The number of hydrogen-bond donors (Lipinski definition) is 1. The summed E-state index contributed by atoms with van der Waals surface area (Å²) in [5.41, 5.74) is 1.23. The van der Waals surface area contributed by atoms with Gasteiger partial charge in [0.1, 0.15) is 30.8 Å². The van der Waals surface area contributed by atoms with Crippen molar-refractivity contribution in [2.45, 2.75) is 0 Å². The van der Waals surface area contributed by atoms with Crippen molar-refractivity contribution in [2.24, 2.45) is 0 Å². The number of benzene rings is 2. The molecule has 2 aromatic carbocycles.